The first-order chi connectivity index (χ1) is 15.8. The van der Waals surface area contributed by atoms with E-state index >= 15 is 0 Å². The van der Waals surface area contributed by atoms with Crippen LogP contribution in [-0.4, -0.2) is 36.3 Å². The van der Waals surface area contributed by atoms with Crippen LogP contribution in [0.3, 0.4) is 0 Å². The van der Waals surface area contributed by atoms with Crippen molar-refractivity contribution in [1.82, 2.24) is 0 Å². The normalized spacial score (nSPS) is 23.2. The fourth-order valence-electron chi connectivity index (χ4n) is 3.83. The van der Waals surface area contributed by atoms with Crippen LogP contribution in [0.2, 0.25) is 0 Å². The van der Waals surface area contributed by atoms with E-state index in [4.69, 9.17) is 18.9 Å². The van der Waals surface area contributed by atoms with Crippen LogP contribution in [0, 0.1) is 0 Å². The lowest BCUT2D eigenvalue weighted by atomic mass is 10.0. The van der Waals surface area contributed by atoms with Gasteiger partial charge in [-0.2, -0.15) is 0 Å². The zero-order valence-electron chi connectivity index (χ0n) is 18.1. The molecular formula is C27H30O5. The summed E-state index contributed by atoms with van der Waals surface area (Å²) in [6, 6.07) is 30.0. The third-order valence-corrected chi connectivity index (χ3v) is 5.48. The molecule has 0 bridgehead atoms. The molecule has 4 rings (SSSR count). The smallest absolute Gasteiger partial charge is 0.157 e. The van der Waals surface area contributed by atoms with Crippen LogP contribution in [-0.2, 0) is 38.8 Å². The van der Waals surface area contributed by atoms with Crippen LogP contribution in [0.25, 0.3) is 0 Å². The number of ether oxygens (including phenoxy) is 4. The van der Waals surface area contributed by atoms with Gasteiger partial charge in [-0.15, -0.1) is 0 Å². The van der Waals surface area contributed by atoms with Crippen molar-refractivity contribution in [2.75, 3.05) is 6.61 Å². The highest BCUT2D eigenvalue weighted by Gasteiger charge is 2.40. The highest BCUT2D eigenvalue weighted by Crippen LogP contribution is 2.27. The number of benzene rings is 3. The number of rotatable bonds is 10. The molecule has 5 nitrogen and oxygen atoms in total. The summed E-state index contributed by atoms with van der Waals surface area (Å²) in [6.45, 7) is 1.65. The van der Waals surface area contributed by atoms with Gasteiger partial charge in [0.25, 0.3) is 0 Å². The van der Waals surface area contributed by atoms with Crippen molar-refractivity contribution in [2.24, 2.45) is 0 Å². The molecule has 1 aliphatic heterocycles. The molecule has 0 unspecified atom stereocenters. The Morgan fingerprint density at radius 3 is 1.75 bits per heavy atom. The first kappa shape index (κ1) is 22.6. The van der Waals surface area contributed by atoms with Crippen molar-refractivity contribution < 1.29 is 24.1 Å². The zero-order valence-corrected chi connectivity index (χ0v) is 18.1. The van der Waals surface area contributed by atoms with E-state index in [2.05, 4.69) is 0 Å². The Morgan fingerprint density at radius 2 is 1.19 bits per heavy atom. The van der Waals surface area contributed by atoms with Gasteiger partial charge in [0, 0.05) is 6.42 Å². The molecule has 168 valence electrons. The second-order valence-corrected chi connectivity index (χ2v) is 7.96. The number of aliphatic hydroxyl groups is 1. The minimum Gasteiger partial charge on any atom is -0.374 e. The van der Waals surface area contributed by atoms with Crippen LogP contribution in [0.5, 0.6) is 0 Å². The summed E-state index contributed by atoms with van der Waals surface area (Å²) in [5, 5.41) is 10.4. The van der Waals surface area contributed by atoms with Crippen LogP contribution in [0.1, 0.15) is 23.1 Å². The Morgan fingerprint density at radius 1 is 0.688 bits per heavy atom. The highest BCUT2D eigenvalue weighted by atomic mass is 16.6. The van der Waals surface area contributed by atoms with Gasteiger partial charge < -0.3 is 24.1 Å². The average Bonchev–Trinajstić information content (AvgIpc) is 2.84. The number of hydrogen-bond donors (Lipinski definition) is 1. The molecule has 0 amide bonds. The molecule has 5 heteroatoms. The van der Waals surface area contributed by atoms with Crippen LogP contribution in [0.4, 0.5) is 0 Å². The van der Waals surface area contributed by atoms with Gasteiger partial charge in [0.1, 0.15) is 12.2 Å². The summed E-state index contributed by atoms with van der Waals surface area (Å²) in [6.07, 6.45) is -1.68. The molecule has 1 heterocycles. The Kier molecular flexibility index (Phi) is 8.42. The Hall–Kier alpha value is -2.54. The van der Waals surface area contributed by atoms with Gasteiger partial charge in [0.15, 0.2) is 6.29 Å². The van der Waals surface area contributed by atoms with Crippen molar-refractivity contribution in [3.8, 4) is 0 Å². The number of aliphatic hydroxyl groups excluding tert-OH is 1. The molecule has 0 aromatic heterocycles. The quantitative estimate of drug-likeness (QED) is 0.510. The molecule has 3 aromatic carbocycles. The number of hydrogen-bond acceptors (Lipinski definition) is 5. The summed E-state index contributed by atoms with van der Waals surface area (Å²) in [5.74, 6) is 0. The predicted molar refractivity (Wildman–Crippen MR) is 122 cm³/mol. The van der Waals surface area contributed by atoms with Gasteiger partial charge in [-0.25, -0.2) is 0 Å². The summed E-state index contributed by atoms with van der Waals surface area (Å²) in [7, 11) is 0. The van der Waals surface area contributed by atoms with E-state index in [-0.39, 0.29) is 12.2 Å². The minimum absolute atomic E-state index is 0.302. The van der Waals surface area contributed by atoms with Gasteiger partial charge in [-0.3, -0.25) is 0 Å². The van der Waals surface area contributed by atoms with E-state index in [1.807, 2.05) is 91.0 Å². The molecular weight excluding hydrogens is 404 g/mol. The monoisotopic (exact) mass is 434 g/mol. The lowest BCUT2D eigenvalue weighted by Crippen LogP contribution is -2.52. The Balaban J connectivity index is 1.42. The molecule has 32 heavy (non-hydrogen) atoms. The fraction of sp³-hybridized carbons (Fsp3) is 0.333. The van der Waals surface area contributed by atoms with E-state index in [9.17, 15) is 5.11 Å². The lowest BCUT2D eigenvalue weighted by Gasteiger charge is -2.39. The van der Waals surface area contributed by atoms with Gasteiger partial charge in [0.05, 0.1) is 32.5 Å². The molecule has 1 aliphatic rings. The maximum Gasteiger partial charge on any atom is 0.157 e. The fourth-order valence-corrected chi connectivity index (χ4v) is 3.83. The molecule has 3 aromatic rings. The maximum atomic E-state index is 10.4. The molecule has 0 saturated carbocycles. The van der Waals surface area contributed by atoms with Gasteiger partial charge in [0.2, 0.25) is 0 Å². The highest BCUT2D eigenvalue weighted by molar-refractivity contribution is 5.15. The third kappa shape index (κ3) is 6.73. The van der Waals surface area contributed by atoms with Crippen molar-refractivity contribution in [3.05, 3.63) is 108 Å². The lowest BCUT2D eigenvalue weighted by molar-refractivity contribution is -0.265. The van der Waals surface area contributed by atoms with E-state index < -0.39 is 12.4 Å². The van der Waals surface area contributed by atoms with Crippen LogP contribution < -0.4 is 0 Å². The minimum atomic E-state index is -0.919. The molecule has 4 atom stereocenters. The first-order valence-electron chi connectivity index (χ1n) is 11.0. The van der Waals surface area contributed by atoms with E-state index in [1.165, 1.54) is 0 Å². The third-order valence-electron chi connectivity index (χ3n) is 5.48. The first-order valence-corrected chi connectivity index (χ1v) is 11.0. The van der Waals surface area contributed by atoms with Crippen molar-refractivity contribution in [1.29, 1.82) is 0 Å². The SMILES string of the molecule is O[C@H]1C[C@@H](OCc2ccccc2)[C@H](OCc2ccccc2)[C@@H](COCc2ccccc2)O1. The molecule has 0 radical (unpaired) electrons. The summed E-state index contributed by atoms with van der Waals surface area (Å²) in [5.41, 5.74) is 3.24. The van der Waals surface area contributed by atoms with E-state index in [0.717, 1.165) is 16.7 Å². The molecule has 0 spiro atoms. The average molecular weight is 435 g/mol. The van der Waals surface area contributed by atoms with Crippen LogP contribution in [0.15, 0.2) is 91.0 Å². The summed E-state index contributed by atoms with van der Waals surface area (Å²) >= 11 is 0. The Bertz CT molecular complexity index is 903. The maximum absolute atomic E-state index is 10.4. The largest absolute Gasteiger partial charge is 0.374 e. The van der Waals surface area contributed by atoms with Crippen molar-refractivity contribution in [2.45, 2.75) is 50.8 Å². The summed E-state index contributed by atoms with van der Waals surface area (Å²) in [4.78, 5) is 0. The van der Waals surface area contributed by atoms with Crippen LogP contribution >= 0.6 is 0 Å². The zero-order chi connectivity index (χ0) is 22.0. The second-order valence-electron chi connectivity index (χ2n) is 7.96. The van der Waals surface area contributed by atoms with Crippen molar-refractivity contribution >= 4 is 0 Å². The molecule has 1 saturated heterocycles. The topological polar surface area (TPSA) is 57.2 Å². The molecule has 1 N–H and O–H groups in total. The van der Waals surface area contributed by atoms with Gasteiger partial charge in [-0.05, 0) is 16.7 Å². The van der Waals surface area contributed by atoms with Gasteiger partial charge in [-0.1, -0.05) is 91.0 Å². The predicted octanol–water partition coefficient (Wildman–Crippen LogP) is 4.48. The molecule has 1 fully saturated rings. The second kappa shape index (κ2) is 11.9. The van der Waals surface area contributed by atoms with Crippen molar-refractivity contribution in [3.63, 3.8) is 0 Å². The Labute approximate surface area is 189 Å². The van der Waals surface area contributed by atoms with E-state index in [1.54, 1.807) is 0 Å². The standard InChI is InChI=1S/C27H30O5/c28-26-16-24(30-18-22-12-6-2-7-13-22)27(31-19-23-14-8-3-9-15-23)25(32-26)20-29-17-21-10-4-1-5-11-21/h1-15,24-28H,16-20H2/t24-,25-,26-,27+/m1/s1. The van der Waals surface area contributed by atoms with Gasteiger partial charge >= 0.3 is 0 Å². The molecule has 0 aliphatic carbocycles. The summed E-state index contributed by atoms with van der Waals surface area (Å²) < 4.78 is 24.3. The van der Waals surface area contributed by atoms with E-state index in [0.29, 0.717) is 32.8 Å².